The molecule has 1 aromatic carbocycles. The molecule has 0 saturated carbocycles. The molecule has 168 valence electrons. The van der Waals surface area contributed by atoms with Gasteiger partial charge < -0.3 is 9.47 Å². The zero-order chi connectivity index (χ0) is 23.4. The van der Waals surface area contributed by atoms with Crippen LogP contribution in [0.5, 0.6) is 10.9 Å². The molecule has 0 unspecified atom stereocenters. The Balaban J connectivity index is 1.53. The summed E-state index contributed by atoms with van der Waals surface area (Å²) in [6.45, 7) is 6.08. The van der Waals surface area contributed by atoms with Crippen molar-refractivity contribution in [1.82, 2.24) is 20.2 Å². The Bertz CT molecular complexity index is 1290. The van der Waals surface area contributed by atoms with Crippen LogP contribution in [0.4, 0.5) is 5.13 Å². The largest absolute Gasteiger partial charge is 0.496 e. The summed E-state index contributed by atoms with van der Waals surface area (Å²) in [5.74, 6) is 0.373. The molecule has 4 rings (SSSR count). The summed E-state index contributed by atoms with van der Waals surface area (Å²) >= 11 is 1.14. The fourth-order valence-corrected chi connectivity index (χ4v) is 3.89. The second kappa shape index (κ2) is 9.74. The third-order valence-electron chi connectivity index (χ3n) is 4.93. The predicted molar refractivity (Wildman–Crippen MR) is 127 cm³/mol. The highest BCUT2D eigenvalue weighted by Gasteiger charge is 2.19. The van der Waals surface area contributed by atoms with Crippen molar-refractivity contribution in [3.05, 3.63) is 76.9 Å². The number of nitrogens with one attached hydrogen (secondary N) is 1. The SMILES string of the molecule is COc1c(C)cccc1-c1cc(C)ncc1C(=O)Nc1nnc(OCc2ccc(C)cn2)s1. The number of amides is 1. The Labute approximate surface area is 195 Å². The maximum Gasteiger partial charge on any atom is 0.296 e. The molecule has 3 aromatic heterocycles. The number of carbonyl (C=O) groups is 1. The normalized spacial score (nSPS) is 10.7. The highest BCUT2D eigenvalue weighted by atomic mass is 32.1. The van der Waals surface area contributed by atoms with Crippen LogP contribution in [0.15, 0.2) is 48.8 Å². The van der Waals surface area contributed by atoms with Gasteiger partial charge in [-0.1, -0.05) is 29.4 Å². The molecular formula is C24H23N5O3S. The third kappa shape index (κ3) is 5.15. The first-order chi connectivity index (χ1) is 15.9. The van der Waals surface area contributed by atoms with Gasteiger partial charge in [0, 0.05) is 29.2 Å². The van der Waals surface area contributed by atoms with E-state index in [9.17, 15) is 4.79 Å². The summed E-state index contributed by atoms with van der Waals surface area (Å²) in [5.41, 5.74) is 5.58. The number of carbonyl (C=O) groups excluding carboxylic acids is 1. The topological polar surface area (TPSA) is 99.1 Å². The van der Waals surface area contributed by atoms with Crippen molar-refractivity contribution < 1.29 is 14.3 Å². The first-order valence-corrected chi connectivity index (χ1v) is 11.1. The summed E-state index contributed by atoms with van der Waals surface area (Å²) in [7, 11) is 1.62. The molecule has 0 radical (unpaired) electrons. The number of nitrogens with zero attached hydrogens (tertiary/aromatic N) is 4. The lowest BCUT2D eigenvalue weighted by atomic mass is 9.97. The van der Waals surface area contributed by atoms with Crippen LogP contribution in [0, 0.1) is 20.8 Å². The molecule has 3 heterocycles. The van der Waals surface area contributed by atoms with Crippen molar-refractivity contribution >= 4 is 22.4 Å². The van der Waals surface area contributed by atoms with Crippen molar-refractivity contribution in [2.75, 3.05) is 12.4 Å². The first-order valence-electron chi connectivity index (χ1n) is 10.2. The average molecular weight is 462 g/mol. The van der Waals surface area contributed by atoms with E-state index in [1.807, 2.05) is 57.2 Å². The van der Waals surface area contributed by atoms with Crippen LogP contribution < -0.4 is 14.8 Å². The molecule has 0 aliphatic rings. The lowest BCUT2D eigenvalue weighted by Crippen LogP contribution is -2.14. The van der Waals surface area contributed by atoms with Crippen molar-refractivity contribution in [3.8, 4) is 22.1 Å². The van der Waals surface area contributed by atoms with Crippen LogP contribution in [-0.4, -0.2) is 33.2 Å². The standard InChI is InChI=1S/C24H23N5O3S/c1-14-8-9-17(26-11-14)13-32-24-29-28-23(33-24)27-22(30)20-12-25-16(3)10-19(20)18-7-5-6-15(2)21(18)31-4/h5-12H,13H2,1-4H3,(H,27,28,30). The molecule has 0 aliphatic heterocycles. The summed E-state index contributed by atoms with van der Waals surface area (Å²) < 4.78 is 11.3. The number of aromatic nitrogens is 4. The van der Waals surface area contributed by atoms with Crippen LogP contribution in [0.25, 0.3) is 11.1 Å². The number of methoxy groups -OCH3 is 1. The third-order valence-corrected chi connectivity index (χ3v) is 5.69. The fourth-order valence-electron chi connectivity index (χ4n) is 3.30. The molecule has 0 aliphatic carbocycles. The number of rotatable bonds is 7. The smallest absolute Gasteiger partial charge is 0.296 e. The number of pyridine rings is 2. The Morgan fingerprint density at radius 1 is 1.03 bits per heavy atom. The molecule has 9 heteroatoms. The van der Waals surface area contributed by atoms with Crippen LogP contribution >= 0.6 is 11.3 Å². The van der Waals surface area contributed by atoms with Gasteiger partial charge >= 0.3 is 0 Å². The van der Waals surface area contributed by atoms with Gasteiger partial charge in [0.15, 0.2) is 0 Å². The Kier molecular flexibility index (Phi) is 6.60. The summed E-state index contributed by atoms with van der Waals surface area (Å²) in [6.07, 6.45) is 3.34. The van der Waals surface area contributed by atoms with Crippen LogP contribution in [0.1, 0.15) is 32.9 Å². The molecular weight excluding hydrogens is 438 g/mol. The van der Waals surface area contributed by atoms with Gasteiger partial charge in [-0.15, -0.1) is 5.10 Å². The van der Waals surface area contributed by atoms with Crippen LogP contribution in [0.3, 0.4) is 0 Å². The minimum absolute atomic E-state index is 0.266. The number of hydrogen-bond acceptors (Lipinski definition) is 8. The fraction of sp³-hybridized carbons (Fsp3) is 0.208. The zero-order valence-corrected chi connectivity index (χ0v) is 19.6. The number of benzene rings is 1. The van der Waals surface area contributed by atoms with Crippen molar-refractivity contribution in [2.24, 2.45) is 0 Å². The second-order valence-electron chi connectivity index (χ2n) is 7.47. The maximum absolute atomic E-state index is 13.1. The number of ether oxygens (including phenoxy) is 2. The molecule has 1 N–H and O–H groups in total. The van der Waals surface area contributed by atoms with Gasteiger partial charge in [0.2, 0.25) is 5.13 Å². The molecule has 33 heavy (non-hydrogen) atoms. The van der Waals surface area contributed by atoms with Gasteiger partial charge in [-0.05, 0) is 55.4 Å². The van der Waals surface area contributed by atoms with Crippen molar-refractivity contribution in [2.45, 2.75) is 27.4 Å². The van der Waals surface area contributed by atoms with E-state index in [1.165, 1.54) is 0 Å². The van der Waals surface area contributed by atoms with E-state index < -0.39 is 0 Å². The van der Waals surface area contributed by atoms with Gasteiger partial charge in [0.1, 0.15) is 12.4 Å². The Hall–Kier alpha value is -3.85. The van der Waals surface area contributed by atoms with Crippen LogP contribution in [0.2, 0.25) is 0 Å². The molecule has 1 amide bonds. The van der Waals surface area contributed by atoms with E-state index in [0.29, 0.717) is 21.6 Å². The molecule has 0 spiro atoms. The first kappa shape index (κ1) is 22.3. The van der Waals surface area contributed by atoms with Gasteiger partial charge in [-0.3, -0.25) is 20.1 Å². The lowest BCUT2D eigenvalue weighted by Gasteiger charge is -2.14. The van der Waals surface area contributed by atoms with Crippen molar-refractivity contribution in [3.63, 3.8) is 0 Å². The summed E-state index contributed by atoms with van der Waals surface area (Å²) in [4.78, 5) is 21.7. The molecule has 0 atom stereocenters. The van der Waals surface area contributed by atoms with Crippen molar-refractivity contribution in [1.29, 1.82) is 0 Å². The van der Waals surface area contributed by atoms with Gasteiger partial charge in [-0.2, -0.15) is 0 Å². The predicted octanol–water partition coefficient (Wildman–Crippen LogP) is 4.76. The molecule has 8 nitrogen and oxygen atoms in total. The molecule has 0 fully saturated rings. The quantitative estimate of drug-likeness (QED) is 0.424. The minimum Gasteiger partial charge on any atom is -0.496 e. The number of para-hydroxylation sites is 1. The Morgan fingerprint density at radius 2 is 1.88 bits per heavy atom. The molecule has 4 aromatic rings. The van der Waals surface area contributed by atoms with E-state index in [0.717, 1.165) is 45.0 Å². The summed E-state index contributed by atoms with van der Waals surface area (Å²) in [5, 5.41) is 11.5. The zero-order valence-electron chi connectivity index (χ0n) is 18.7. The van der Waals surface area contributed by atoms with Crippen LogP contribution in [-0.2, 0) is 6.61 Å². The van der Waals surface area contributed by atoms with E-state index >= 15 is 0 Å². The van der Waals surface area contributed by atoms with Gasteiger partial charge in [-0.25, -0.2) is 0 Å². The number of anilines is 1. The number of hydrogen-bond donors (Lipinski definition) is 1. The average Bonchev–Trinajstić information content (AvgIpc) is 3.25. The summed E-state index contributed by atoms with van der Waals surface area (Å²) in [6, 6.07) is 11.5. The molecule has 0 bridgehead atoms. The minimum atomic E-state index is -0.344. The highest BCUT2D eigenvalue weighted by molar-refractivity contribution is 7.17. The Morgan fingerprint density at radius 3 is 2.64 bits per heavy atom. The monoisotopic (exact) mass is 461 g/mol. The van der Waals surface area contributed by atoms with Gasteiger partial charge in [0.05, 0.1) is 18.4 Å². The van der Waals surface area contributed by atoms with Gasteiger partial charge in [0.25, 0.3) is 11.1 Å². The van der Waals surface area contributed by atoms with E-state index in [2.05, 4.69) is 25.5 Å². The van der Waals surface area contributed by atoms with E-state index in [-0.39, 0.29) is 12.5 Å². The van der Waals surface area contributed by atoms with E-state index in [1.54, 1.807) is 19.5 Å². The molecule has 0 saturated heterocycles. The lowest BCUT2D eigenvalue weighted by molar-refractivity contribution is 0.102. The number of aryl methyl sites for hydroxylation is 3. The highest BCUT2D eigenvalue weighted by Crippen LogP contribution is 2.35. The maximum atomic E-state index is 13.1. The second-order valence-corrected chi connectivity index (χ2v) is 8.41. The van der Waals surface area contributed by atoms with E-state index in [4.69, 9.17) is 9.47 Å².